The summed E-state index contributed by atoms with van der Waals surface area (Å²) in [5.41, 5.74) is 1.05. The Kier molecular flexibility index (Phi) is 5.35. The van der Waals surface area contributed by atoms with Crippen LogP contribution in [0.3, 0.4) is 0 Å². The molecule has 1 aromatic carbocycles. The molecule has 0 saturated heterocycles. The van der Waals surface area contributed by atoms with Gasteiger partial charge in [0.05, 0.1) is 12.1 Å². The number of rotatable bonds is 5. The van der Waals surface area contributed by atoms with Gasteiger partial charge in [-0.3, -0.25) is 4.79 Å². The molecule has 2 N–H and O–H groups in total. The van der Waals surface area contributed by atoms with Crippen LogP contribution in [0, 0.1) is 6.92 Å². The predicted octanol–water partition coefficient (Wildman–Crippen LogP) is 3.04. The van der Waals surface area contributed by atoms with Crippen molar-refractivity contribution in [3.63, 3.8) is 0 Å². The van der Waals surface area contributed by atoms with Gasteiger partial charge in [0.15, 0.2) is 0 Å². The molecule has 0 radical (unpaired) electrons. The fourth-order valence-electron chi connectivity index (χ4n) is 1.88. The van der Waals surface area contributed by atoms with Crippen molar-refractivity contribution < 1.29 is 9.90 Å². The van der Waals surface area contributed by atoms with Crippen LogP contribution >= 0.6 is 15.9 Å². The van der Waals surface area contributed by atoms with Gasteiger partial charge in [-0.2, -0.15) is 0 Å². The molecule has 0 unspecified atom stereocenters. The van der Waals surface area contributed by atoms with Crippen molar-refractivity contribution in [3.8, 4) is 0 Å². The quantitative estimate of drug-likeness (QED) is 0.877. The van der Waals surface area contributed by atoms with Gasteiger partial charge in [0, 0.05) is 10.0 Å². The summed E-state index contributed by atoms with van der Waals surface area (Å²) >= 11 is 3.38. The van der Waals surface area contributed by atoms with Crippen molar-refractivity contribution in [1.29, 1.82) is 0 Å². The highest BCUT2D eigenvalue weighted by Gasteiger charge is 2.27. The Hall–Kier alpha value is -0.870. The molecule has 18 heavy (non-hydrogen) atoms. The number of benzene rings is 1. The summed E-state index contributed by atoms with van der Waals surface area (Å²) in [6.45, 7) is 5.79. The summed E-state index contributed by atoms with van der Waals surface area (Å²) < 4.78 is 0.955. The number of amides is 1. The molecule has 1 amide bonds. The molecule has 1 rings (SSSR count). The van der Waals surface area contributed by atoms with Gasteiger partial charge in [0.1, 0.15) is 0 Å². The van der Waals surface area contributed by atoms with Gasteiger partial charge in [-0.1, -0.05) is 29.8 Å². The largest absolute Gasteiger partial charge is 0.394 e. The molecular weight excluding hydrogens is 294 g/mol. The molecule has 0 aliphatic heterocycles. The summed E-state index contributed by atoms with van der Waals surface area (Å²) in [6, 6.07) is 5.55. The molecule has 100 valence electrons. The Morgan fingerprint density at radius 2 is 2.00 bits per heavy atom. The number of carbonyl (C=O) groups excluding carboxylic acids is 1. The van der Waals surface area contributed by atoms with E-state index in [2.05, 4.69) is 21.2 Å². The number of nitrogens with one attached hydrogen (secondary N) is 1. The molecule has 0 heterocycles. The molecule has 0 saturated carbocycles. The molecule has 0 aliphatic rings. The van der Waals surface area contributed by atoms with Crippen LogP contribution in [0.15, 0.2) is 22.7 Å². The van der Waals surface area contributed by atoms with Crippen LogP contribution in [0.5, 0.6) is 0 Å². The number of aryl methyl sites for hydroxylation is 1. The molecule has 0 atom stereocenters. The van der Waals surface area contributed by atoms with E-state index in [0.29, 0.717) is 18.4 Å². The second-order valence-electron chi connectivity index (χ2n) is 4.56. The van der Waals surface area contributed by atoms with E-state index in [1.54, 1.807) is 6.07 Å². The lowest BCUT2D eigenvalue weighted by Gasteiger charge is -2.31. The Morgan fingerprint density at radius 1 is 1.39 bits per heavy atom. The Balaban J connectivity index is 2.94. The van der Waals surface area contributed by atoms with E-state index in [1.165, 1.54) is 0 Å². The monoisotopic (exact) mass is 313 g/mol. The lowest BCUT2D eigenvalue weighted by Crippen LogP contribution is -2.50. The van der Waals surface area contributed by atoms with Crippen molar-refractivity contribution in [2.75, 3.05) is 6.61 Å². The normalized spacial score (nSPS) is 11.4. The SMILES string of the molecule is CCC(CC)(CO)NC(=O)c1ccc(Br)cc1C. The van der Waals surface area contributed by atoms with E-state index in [4.69, 9.17) is 0 Å². The van der Waals surface area contributed by atoms with Gasteiger partial charge in [-0.15, -0.1) is 0 Å². The van der Waals surface area contributed by atoms with Gasteiger partial charge in [-0.05, 0) is 43.5 Å². The minimum absolute atomic E-state index is 0.0404. The summed E-state index contributed by atoms with van der Waals surface area (Å²) in [5.74, 6) is -0.127. The average Bonchev–Trinajstić information content (AvgIpc) is 2.36. The van der Waals surface area contributed by atoms with Gasteiger partial charge in [0.2, 0.25) is 0 Å². The number of hydrogen-bond donors (Lipinski definition) is 2. The molecule has 0 spiro atoms. The zero-order chi connectivity index (χ0) is 13.8. The number of hydrogen-bond acceptors (Lipinski definition) is 2. The van der Waals surface area contributed by atoms with Crippen molar-refractivity contribution in [1.82, 2.24) is 5.32 Å². The maximum absolute atomic E-state index is 12.2. The summed E-state index contributed by atoms with van der Waals surface area (Å²) in [5, 5.41) is 12.4. The molecule has 1 aromatic rings. The van der Waals surface area contributed by atoms with Crippen LogP contribution in [0.2, 0.25) is 0 Å². The maximum atomic E-state index is 12.2. The first-order chi connectivity index (χ1) is 8.48. The smallest absolute Gasteiger partial charge is 0.252 e. The zero-order valence-electron chi connectivity index (χ0n) is 11.1. The van der Waals surface area contributed by atoms with E-state index in [1.807, 2.05) is 32.9 Å². The third-order valence-electron chi connectivity index (χ3n) is 3.47. The predicted molar refractivity (Wildman–Crippen MR) is 76.7 cm³/mol. The third kappa shape index (κ3) is 3.33. The second-order valence-corrected chi connectivity index (χ2v) is 5.47. The van der Waals surface area contributed by atoms with Gasteiger partial charge in [0.25, 0.3) is 5.91 Å². The van der Waals surface area contributed by atoms with Crippen LogP contribution in [0.4, 0.5) is 0 Å². The Bertz CT molecular complexity index is 420. The van der Waals surface area contributed by atoms with Crippen LogP contribution in [0.1, 0.15) is 42.6 Å². The van der Waals surface area contributed by atoms with Crippen molar-refractivity contribution >= 4 is 21.8 Å². The molecule has 3 nitrogen and oxygen atoms in total. The standard InChI is InChI=1S/C14H20BrNO2/c1-4-14(5-2,9-17)16-13(18)12-7-6-11(15)8-10(12)3/h6-8,17H,4-5,9H2,1-3H3,(H,16,18). The van der Waals surface area contributed by atoms with E-state index in [9.17, 15) is 9.90 Å². The fourth-order valence-corrected chi connectivity index (χ4v) is 2.36. The van der Waals surface area contributed by atoms with E-state index >= 15 is 0 Å². The number of carbonyl (C=O) groups is 1. The van der Waals surface area contributed by atoms with Crippen LogP contribution in [-0.2, 0) is 0 Å². The third-order valence-corrected chi connectivity index (χ3v) is 3.96. The van der Waals surface area contributed by atoms with E-state index < -0.39 is 5.54 Å². The number of aliphatic hydroxyl groups is 1. The summed E-state index contributed by atoms with van der Waals surface area (Å²) in [7, 11) is 0. The van der Waals surface area contributed by atoms with Crippen LogP contribution < -0.4 is 5.32 Å². The number of halogens is 1. The lowest BCUT2D eigenvalue weighted by molar-refractivity contribution is 0.0817. The van der Waals surface area contributed by atoms with Crippen LogP contribution in [0.25, 0.3) is 0 Å². The Morgan fingerprint density at radius 3 is 2.44 bits per heavy atom. The van der Waals surface area contributed by atoms with Crippen molar-refractivity contribution in [2.45, 2.75) is 39.2 Å². The highest BCUT2D eigenvalue weighted by atomic mass is 79.9. The van der Waals surface area contributed by atoms with Gasteiger partial charge < -0.3 is 10.4 Å². The van der Waals surface area contributed by atoms with Crippen molar-refractivity contribution in [2.24, 2.45) is 0 Å². The first-order valence-corrected chi connectivity index (χ1v) is 6.97. The maximum Gasteiger partial charge on any atom is 0.252 e. The minimum atomic E-state index is -0.517. The molecule has 0 aliphatic carbocycles. The average molecular weight is 314 g/mol. The van der Waals surface area contributed by atoms with E-state index in [-0.39, 0.29) is 12.5 Å². The highest BCUT2D eigenvalue weighted by Crippen LogP contribution is 2.19. The first-order valence-electron chi connectivity index (χ1n) is 6.17. The molecule has 0 bridgehead atoms. The molecule has 0 fully saturated rings. The molecular formula is C14H20BrNO2. The van der Waals surface area contributed by atoms with Gasteiger partial charge in [-0.25, -0.2) is 0 Å². The minimum Gasteiger partial charge on any atom is -0.394 e. The molecule has 4 heteroatoms. The lowest BCUT2D eigenvalue weighted by atomic mass is 9.93. The highest BCUT2D eigenvalue weighted by molar-refractivity contribution is 9.10. The fraction of sp³-hybridized carbons (Fsp3) is 0.500. The van der Waals surface area contributed by atoms with Crippen molar-refractivity contribution in [3.05, 3.63) is 33.8 Å². The number of aliphatic hydroxyl groups excluding tert-OH is 1. The topological polar surface area (TPSA) is 49.3 Å². The second kappa shape index (κ2) is 6.34. The first kappa shape index (κ1) is 15.2. The van der Waals surface area contributed by atoms with Crippen LogP contribution in [-0.4, -0.2) is 23.2 Å². The van der Waals surface area contributed by atoms with E-state index in [0.717, 1.165) is 10.0 Å². The molecule has 0 aromatic heterocycles. The Labute approximate surface area is 117 Å². The van der Waals surface area contributed by atoms with Gasteiger partial charge >= 0.3 is 0 Å². The summed E-state index contributed by atoms with van der Waals surface area (Å²) in [6.07, 6.45) is 1.42. The summed E-state index contributed by atoms with van der Waals surface area (Å²) in [4.78, 5) is 12.2. The zero-order valence-corrected chi connectivity index (χ0v) is 12.7.